The van der Waals surface area contributed by atoms with Crippen molar-refractivity contribution in [3.63, 3.8) is 0 Å². The summed E-state index contributed by atoms with van der Waals surface area (Å²) in [6.07, 6.45) is 1.48. The van der Waals surface area contributed by atoms with Crippen molar-refractivity contribution in [2.45, 2.75) is 52.2 Å². The zero-order chi connectivity index (χ0) is 9.07. The molecule has 1 atom stereocenters. The second-order valence-electron chi connectivity index (χ2n) is 3.58. The molecule has 0 spiro atoms. The van der Waals surface area contributed by atoms with Gasteiger partial charge in [0.2, 0.25) is 0 Å². The third kappa shape index (κ3) is 2.46. The molecular weight excluding hydrogens is 138 g/mol. The van der Waals surface area contributed by atoms with E-state index in [0.29, 0.717) is 5.92 Å². The second-order valence-corrected chi connectivity index (χ2v) is 3.58. The van der Waals surface area contributed by atoms with E-state index in [4.69, 9.17) is 5.73 Å². The highest BCUT2D eigenvalue weighted by Gasteiger charge is 2.32. The van der Waals surface area contributed by atoms with E-state index >= 15 is 0 Å². The van der Waals surface area contributed by atoms with Crippen molar-refractivity contribution in [1.82, 2.24) is 0 Å². The van der Waals surface area contributed by atoms with E-state index in [-0.39, 0.29) is 6.04 Å². The van der Waals surface area contributed by atoms with E-state index < -0.39 is 5.60 Å². The van der Waals surface area contributed by atoms with Gasteiger partial charge in [0.15, 0.2) is 0 Å². The summed E-state index contributed by atoms with van der Waals surface area (Å²) in [7, 11) is 0. The van der Waals surface area contributed by atoms with Crippen LogP contribution in [-0.2, 0) is 0 Å². The van der Waals surface area contributed by atoms with Crippen LogP contribution in [0.15, 0.2) is 0 Å². The minimum absolute atomic E-state index is 0.0995. The molecule has 0 amide bonds. The normalized spacial score (nSPS) is 15.5. The molecule has 0 aliphatic heterocycles. The Hall–Kier alpha value is -0.0800. The minimum atomic E-state index is -0.659. The molecule has 0 aromatic heterocycles. The summed E-state index contributed by atoms with van der Waals surface area (Å²) in [5.41, 5.74) is 5.21. The number of hydrogen-bond acceptors (Lipinski definition) is 2. The molecule has 0 bridgehead atoms. The van der Waals surface area contributed by atoms with Gasteiger partial charge in [-0.3, -0.25) is 0 Å². The molecule has 68 valence electrons. The van der Waals surface area contributed by atoms with Gasteiger partial charge in [-0.25, -0.2) is 0 Å². The standard InChI is InChI=1S/C9H21NO/c1-5-9(11,6-2)8(10)7(3)4/h7-8,11H,5-6,10H2,1-4H3/t8-/m1/s1. The Morgan fingerprint density at radius 2 is 1.64 bits per heavy atom. The van der Waals surface area contributed by atoms with Gasteiger partial charge in [-0.05, 0) is 18.8 Å². The van der Waals surface area contributed by atoms with Crippen LogP contribution in [0.4, 0.5) is 0 Å². The molecule has 0 unspecified atom stereocenters. The summed E-state index contributed by atoms with van der Waals surface area (Å²) in [6.45, 7) is 8.04. The quantitative estimate of drug-likeness (QED) is 0.653. The maximum absolute atomic E-state index is 9.94. The van der Waals surface area contributed by atoms with Gasteiger partial charge in [0, 0.05) is 6.04 Å². The van der Waals surface area contributed by atoms with Crippen LogP contribution < -0.4 is 5.73 Å². The molecule has 2 heteroatoms. The first-order valence-corrected chi connectivity index (χ1v) is 4.45. The lowest BCUT2D eigenvalue weighted by molar-refractivity contribution is -0.00720. The van der Waals surface area contributed by atoms with Gasteiger partial charge < -0.3 is 10.8 Å². The van der Waals surface area contributed by atoms with Crippen molar-refractivity contribution in [2.24, 2.45) is 11.7 Å². The Morgan fingerprint density at radius 1 is 1.27 bits per heavy atom. The predicted octanol–water partition coefficient (Wildman–Crippen LogP) is 1.52. The molecule has 0 heterocycles. The third-order valence-corrected chi connectivity index (χ3v) is 2.56. The fraction of sp³-hybridized carbons (Fsp3) is 1.00. The van der Waals surface area contributed by atoms with Crippen LogP contribution in [0, 0.1) is 5.92 Å². The van der Waals surface area contributed by atoms with E-state index in [1.807, 2.05) is 27.7 Å². The smallest absolute Gasteiger partial charge is 0.0795 e. The average Bonchev–Trinajstić information content (AvgIpc) is 2.01. The molecule has 0 aliphatic rings. The summed E-state index contributed by atoms with van der Waals surface area (Å²) >= 11 is 0. The summed E-state index contributed by atoms with van der Waals surface area (Å²) in [5.74, 6) is 0.347. The molecule has 0 aromatic carbocycles. The average molecular weight is 159 g/mol. The Balaban J connectivity index is 4.24. The van der Waals surface area contributed by atoms with Gasteiger partial charge in [0.1, 0.15) is 0 Å². The summed E-state index contributed by atoms with van der Waals surface area (Å²) in [6, 6.07) is -0.0995. The van der Waals surface area contributed by atoms with E-state index in [0.717, 1.165) is 12.8 Å². The molecule has 0 radical (unpaired) electrons. The van der Waals surface area contributed by atoms with Crippen LogP contribution in [0.5, 0.6) is 0 Å². The van der Waals surface area contributed by atoms with E-state index in [1.54, 1.807) is 0 Å². The van der Waals surface area contributed by atoms with Crippen molar-refractivity contribution in [2.75, 3.05) is 0 Å². The Labute approximate surface area is 69.8 Å². The molecule has 0 rings (SSSR count). The lowest BCUT2D eigenvalue weighted by atomic mass is 9.83. The van der Waals surface area contributed by atoms with E-state index in [1.165, 1.54) is 0 Å². The molecule has 0 fully saturated rings. The van der Waals surface area contributed by atoms with Gasteiger partial charge in [-0.2, -0.15) is 0 Å². The van der Waals surface area contributed by atoms with Crippen molar-refractivity contribution in [3.05, 3.63) is 0 Å². The van der Waals surface area contributed by atoms with E-state index in [2.05, 4.69) is 0 Å². The zero-order valence-electron chi connectivity index (χ0n) is 8.09. The first kappa shape index (κ1) is 10.9. The van der Waals surface area contributed by atoms with Crippen LogP contribution in [-0.4, -0.2) is 16.7 Å². The lowest BCUT2D eigenvalue weighted by Crippen LogP contribution is -2.50. The SMILES string of the molecule is CCC(O)(CC)[C@H](N)C(C)C. The fourth-order valence-electron chi connectivity index (χ4n) is 1.34. The van der Waals surface area contributed by atoms with Crippen LogP contribution in [0.1, 0.15) is 40.5 Å². The Kier molecular flexibility index (Phi) is 4.04. The summed E-state index contributed by atoms with van der Waals surface area (Å²) < 4.78 is 0. The van der Waals surface area contributed by atoms with Gasteiger partial charge in [0.25, 0.3) is 0 Å². The highest BCUT2D eigenvalue weighted by molar-refractivity contribution is 4.88. The minimum Gasteiger partial charge on any atom is -0.388 e. The Bertz CT molecular complexity index is 108. The molecule has 0 aliphatic carbocycles. The maximum atomic E-state index is 9.94. The molecule has 0 saturated carbocycles. The molecule has 2 nitrogen and oxygen atoms in total. The highest BCUT2D eigenvalue weighted by Crippen LogP contribution is 2.22. The van der Waals surface area contributed by atoms with Crippen molar-refractivity contribution in [1.29, 1.82) is 0 Å². The predicted molar refractivity (Wildman–Crippen MR) is 48.3 cm³/mol. The number of nitrogens with two attached hydrogens (primary N) is 1. The molecule has 3 N–H and O–H groups in total. The molecule has 11 heavy (non-hydrogen) atoms. The van der Waals surface area contributed by atoms with Gasteiger partial charge >= 0.3 is 0 Å². The van der Waals surface area contributed by atoms with E-state index in [9.17, 15) is 5.11 Å². The van der Waals surface area contributed by atoms with Gasteiger partial charge in [-0.15, -0.1) is 0 Å². The van der Waals surface area contributed by atoms with Crippen LogP contribution in [0.25, 0.3) is 0 Å². The molecule has 0 saturated heterocycles. The zero-order valence-corrected chi connectivity index (χ0v) is 8.09. The van der Waals surface area contributed by atoms with Crippen molar-refractivity contribution >= 4 is 0 Å². The lowest BCUT2D eigenvalue weighted by Gasteiger charge is -2.34. The summed E-state index contributed by atoms with van der Waals surface area (Å²) in [5, 5.41) is 9.94. The molecular formula is C9H21NO. The first-order chi connectivity index (χ1) is 4.98. The van der Waals surface area contributed by atoms with Crippen molar-refractivity contribution in [3.8, 4) is 0 Å². The first-order valence-electron chi connectivity index (χ1n) is 4.45. The number of rotatable bonds is 4. The highest BCUT2D eigenvalue weighted by atomic mass is 16.3. The monoisotopic (exact) mass is 159 g/mol. The van der Waals surface area contributed by atoms with Crippen LogP contribution in [0.2, 0.25) is 0 Å². The maximum Gasteiger partial charge on any atom is 0.0795 e. The Morgan fingerprint density at radius 3 is 1.73 bits per heavy atom. The molecule has 0 aromatic rings. The van der Waals surface area contributed by atoms with Crippen LogP contribution >= 0.6 is 0 Å². The van der Waals surface area contributed by atoms with Gasteiger partial charge in [0.05, 0.1) is 5.60 Å². The second kappa shape index (κ2) is 4.07. The largest absolute Gasteiger partial charge is 0.388 e. The fourth-order valence-corrected chi connectivity index (χ4v) is 1.34. The van der Waals surface area contributed by atoms with Crippen LogP contribution in [0.3, 0.4) is 0 Å². The number of hydrogen-bond donors (Lipinski definition) is 2. The van der Waals surface area contributed by atoms with Crippen molar-refractivity contribution < 1.29 is 5.11 Å². The summed E-state index contributed by atoms with van der Waals surface area (Å²) in [4.78, 5) is 0. The number of aliphatic hydroxyl groups is 1. The van der Waals surface area contributed by atoms with Gasteiger partial charge in [-0.1, -0.05) is 27.7 Å². The third-order valence-electron chi connectivity index (χ3n) is 2.56. The topological polar surface area (TPSA) is 46.2 Å².